The lowest BCUT2D eigenvalue weighted by Crippen LogP contribution is -2.32. The largest absolute Gasteiger partial charge is 0.457 e. The number of pyridine rings is 1. The molecule has 2 heterocycles. The molecule has 0 N–H and O–H groups in total. The fourth-order valence-corrected chi connectivity index (χ4v) is 7.18. The van der Waals surface area contributed by atoms with Gasteiger partial charge in [0.05, 0.1) is 16.6 Å². The zero-order chi connectivity index (χ0) is 27.7. The van der Waals surface area contributed by atoms with E-state index in [4.69, 9.17) is 9.72 Å². The number of fused-ring (bicyclic) bond motifs is 10. The third kappa shape index (κ3) is 3.12. The second kappa shape index (κ2) is 8.76. The van der Waals surface area contributed by atoms with Crippen molar-refractivity contribution < 1.29 is 4.74 Å². The molecule has 2 aliphatic rings. The summed E-state index contributed by atoms with van der Waals surface area (Å²) in [4.78, 5) is 5.16. The molecule has 1 aliphatic heterocycles. The monoisotopic (exact) mass is 535 g/mol. The molecule has 196 valence electrons. The van der Waals surface area contributed by atoms with Gasteiger partial charge in [-0.15, -0.1) is 0 Å². The quantitative estimate of drug-likeness (QED) is 0.220. The first-order valence-corrected chi connectivity index (χ1v) is 14.4. The molecule has 42 heavy (non-hydrogen) atoms. The number of hydrogen-bond donors (Lipinski definition) is 0. The van der Waals surface area contributed by atoms with Gasteiger partial charge in [0.2, 0.25) is 0 Å². The van der Waals surface area contributed by atoms with Crippen LogP contribution < -0.4 is 4.74 Å². The van der Waals surface area contributed by atoms with Crippen molar-refractivity contribution in [1.82, 2.24) is 4.98 Å². The highest BCUT2D eigenvalue weighted by Gasteiger charge is 2.50. The Balaban J connectivity index is 1.29. The van der Waals surface area contributed by atoms with Gasteiger partial charge in [0.1, 0.15) is 11.5 Å². The highest BCUT2D eigenvalue weighted by Crippen LogP contribution is 2.62. The Bertz CT molecular complexity index is 2130. The van der Waals surface area contributed by atoms with E-state index in [0.29, 0.717) is 0 Å². The summed E-state index contributed by atoms with van der Waals surface area (Å²) in [7, 11) is 0. The first kappa shape index (κ1) is 23.3. The Labute approximate surface area is 244 Å². The van der Waals surface area contributed by atoms with Gasteiger partial charge in [-0.25, -0.2) is 4.98 Å². The highest BCUT2D eigenvalue weighted by molar-refractivity contribution is 5.96. The van der Waals surface area contributed by atoms with Gasteiger partial charge in [-0.2, -0.15) is 0 Å². The van der Waals surface area contributed by atoms with Crippen molar-refractivity contribution in [3.63, 3.8) is 0 Å². The fraction of sp³-hybridized carbons (Fsp3) is 0.0250. The topological polar surface area (TPSA) is 22.1 Å². The molecule has 0 unspecified atom stereocenters. The Morgan fingerprint density at radius 3 is 1.86 bits per heavy atom. The van der Waals surface area contributed by atoms with Crippen molar-refractivity contribution >= 4 is 10.9 Å². The maximum atomic E-state index is 6.74. The first-order valence-electron chi connectivity index (χ1n) is 14.4. The predicted molar refractivity (Wildman–Crippen MR) is 170 cm³/mol. The summed E-state index contributed by atoms with van der Waals surface area (Å²) in [5.41, 5.74) is 12.3. The van der Waals surface area contributed by atoms with E-state index in [2.05, 4.69) is 146 Å². The van der Waals surface area contributed by atoms with Crippen LogP contribution >= 0.6 is 0 Å². The van der Waals surface area contributed by atoms with Crippen molar-refractivity contribution in [2.75, 3.05) is 0 Å². The molecule has 2 heteroatoms. The minimum absolute atomic E-state index is 0.451. The van der Waals surface area contributed by atoms with Crippen molar-refractivity contribution in [1.29, 1.82) is 0 Å². The maximum absolute atomic E-state index is 6.74. The highest BCUT2D eigenvalue weighted by atomic mass is 16.5. The lowest BCUT2D eigenvalue weighted by Gasteiger charge is -2.39. The standard InChI is InChI=1S/C40H25NO/c1-2-11-26(12-3-1)36-24-22-27-13-10-16-29(39(27)41-36)28-21-23-35-38(25-28)42-37-20-9-8-19-34(37)40(35)32-17-6-4-14-30(32)31-15-5-7-18-33(31)40/h1-25H. The van der Waals surface area contributed by atoms with Gasteiger partial charge in [-0.1, -0.05) is 133 Å². The van der Waals surface area contributed by atoms with E-state index >= 15 is 0 Å². The van der Waals surface area contributed by atoms with Crippen LogP contribution in [0.2, 0.25) is 0 Å². The number of para-hydroxylation sites is 2. The van der Waals surface area contributed by atoms with E-state index < -0.39 is 5.41 Å². The average Bonchev–Trinajstić information content (AvgIpc) is 3.35. The average molecular weight is 536 g/mol. The summed E-state index contributed by atoms with van der Waals surface area (Å²) >= 11 is 0. The second-order valence-electron chi connectivity index (χ2n) is 11.1. The smallest absolute Gasteiger partial charge is 0.132 e. The molecule has 1 aliphatic carbocycles. The molecule has 1 aromatic heterocycles. The fourth-order valence-electron chi connectivity index (χ4n) is 7.18. The molecule has 0 fully saturated rings. The normalized spacial score (nSPS) is 13.6. The minimum atomic E-state index is -0.451. The van der Waals surface area contributed by atoms with E-state index in [0.717, 1.165) is 44.8 Å². The van der Waals surface area contributed by atoms with E-state index in [1.165, 1.54) is 33.4 Å². The van der Waals surface area contributed by atoms with Crippen LogP contribution in [-0.2, 0) is 5.41 Å². The van der Waals surface area contributed by atoms with Gasteiger partial charge < -0.3 is 4.74 Å². The molecule has 0 amide bonds. The molecule has 0 bridgehead atoms. The Kier molecular flexibility index (Phi) is 4.85. The molecule has 9 rings (SSSR count). The predicted octanol–water partition coefficient (Wildman–Crippen LogP) is 10.0. The van der Waals surface area contributed by atoms with Crippen LogP contribution in [-0.4, -0.2) is 4.98 Å². The summed E-state index contributed by atoms with van der Waals surface area (Å²) in [6.45, 7) is 0. The Hall–Kier alpha value is -5.47. The molecule has 1 spiro atoms. The van der Waals surface area contributed by atoms with Crippen molar-refractivity contribution in [2.24, 2.45) is 0 Å². The molecule has 7 aromatic rings. The SMILES string of the molecule is c1ccc(-c2ccc3cccc(-c4ccc5c(c4)Oc4ccccc4C54c5ccccc5-c5ccccc54)c3n2)cc1. The van der Waals surface area contributed by atoms with Gasteiger partial charge in [0.15, 0.2) is 0 Å². The van der Waals surface area contributed by atoms with Crippen LogP contribution in [0.5, 0.6) is 11.5 Å². The summed E-state index contributed by atoms with van der Waals surface area (Å²) < 4.78 is 6.74. The minimum Gasteiger partial charge on any atom is -0.457 e. The first-order chi connectivity index (χ1) is 20.8. The van der Waals surface area contributed by atoms with E-state index in [1.54, 1.807) is 0 Å². The summed E-state index contributed by atoms with van der Waals surface area (Å²) in [5.74, 6) is 1.78. The Morgan fingerprint density at radius 2 is 1.07 bits per heavy atom. The number of ether oxygens (including phenoxy) is 1. The van der Waals surface area contributed by atoms with Gasteiger partial charge in [-0.3, -0.25) is 0 Å². The summed E-state index contributed by atoms with van der Waals surface area (Å²) in [5, 5.41) is 1.12. The molecule has 0 saturated carbocycles. The van der Waals surface area contributed by atoms with Gasteiger partial charge in [0, 0.05) is 27.6 Å². The molecular weight excluding hydrogens is 510 g/mol. The van der Waals surface area contributed by atoms with E-state index in [1.807, 2.05) is 6.07 Å². The zero-order valence-electron chi connectivity index (χ0n) is 22.8. The zero-order valence-corrected chi connectivity index (χ0v) is 22.8. The van der Waals surface area contributed by atoms with Crippen LogP contribution in [0.3, 0.4) is 0 Å². The summed E-state index contributed by atoms with van der Waals surface area (Å²) in [6, 6.07) is 54.0. The van der Waals surface area contributed by atoms with Crippen molar-refractivity contribution in [2.45, 2.75) is 5.41 Å². The van der Waals surface area contributed by atoms with Crippen molar-refractivity contribution in [3.05, 3.63) is 174 Å². The third-order valence-electron chi connectivity index (χ3n) is 8.95. The molecule has 0 saturated heterocycles. The Morgan fingerprint density at radius 1 is 0.429 bits per heavy atom. The number of benzene rings is 6. The lowest BCUT2D eigenvalue weighted by atomic mass is 9.66. The van der Waals surface area contributed by atoms with Crippen molar-refractivity contribution in [3.8, 4) is 45.0 Å². The molecule has 2 nitrogen and oxygen atoms in total. The van der Waals surface area contributed by atoms with Crippen LogP contribution in [0.15, 0.2) is 152 Å². The number of hydrogen-bond acceptors (Lipinski definition) is 2. The van der Waals surface area contributed by atoms with E-state index in [9.17, 15) is 0 Å². The third-order valence-corrected chi connectivity index (χ3v) is 8.95. The summed E-state index contributed by atoms with van der Waals surface area (Å²) in [6.07, 6.45) is 0. The van der Waals surface area contributed by atoms with Crippen LogP contribution in [0, 0.1) is 0 Å². The maximum Gasteiger partial charge on any atom is 0.132 e. The number of nitrogens with zero attached hydrogens (tertiary/aromatic N) is 1. The van der Waals surface area contributed by atoms with E-state index in [-0.39, 0.29) is 0 Å². The van der Waals surface area contributed by atoms with Gasteiger partial charge in [-0.05, 0) is 46.0 Å². The van der Waals surface area contributed by atoms with Gasteiger partial charge in [0.25, 0.3) is 0 Å². The number of aromatic nitrogens is 1. The molecular formula is C40H25NO. The molecule has 0 atom stereocenters. The molecule has 0 radical (unpaired) electrons. The number of rotatable bonds is 2. The van der Waals surface area contributed by atoms with Crippen LogP contribution in [0.4, 0.5) is 0 Å². The lowest BCUT2D eigenvalue weighted by molar-refractivity contribution is 0.436. The van der Waals surface area contributed by atoms with Crippen LogP contribution in [0.25, 0.3) is 44.4 Å². The molecule has 6 aromatic carbocycles. The second-order valence-corrected chi connectivity index (χ2v) is 11.1. The van der Waals surface area contributed by atoms with Crippen LogP contribution in [0.1, 0.15) is 22.3 Å². The van der Waals surface area contributed by atoms with Gasteiger partial charge >= 0.3 is 0 Å².